The van der Waals surface area contributed by atoms with Gasteiger partial charge in [-0.1, -0.05) is 72.3 Å². The lowest BCUT2D eigenvalue weighted by Gasteiger charge is -2.23. The Morgan fingerprint density at radius 2 is 1.82 bits per heavy atom. The van der Waals surface area contributed by atoms with Crippen molar-refractivity contribution >= 4 is 68.9 Å². The summed E-state index contributed by atoms with van der Waals surface area (Å²) in [6, 6.07) is 14.2. The third kappa shape index (κ3) is 7.27. The summed E-state index contributed by atoms with van der Waals surface area (Å²) in [6.07, 6.45) is 0.838. The number of hydrogen-bond acceptors (Lipinski definition) is 9. The van der Waals surface area contributed by atoms with E-state index in [2.05, 4.69) is 24.0 Å². The van der Waals surface area contributed by atoms with Gasteiger partial charge in [-0.15, -0.1) is 10.2 Å². The Labute approximate surface area is 277 Å². The normalized spacial score (nSPS) is 16.1. The zero-order valence-electron chi connectivity index (χ0n) is 24.4. The molecule has 2 heterocycles. The molecule has 13 heteroatoms. The molecule has 1 N–H and O–H groups in total. The van der Waals surface area contributed by atoms with Gasteiger partial charge in [-0.25, -0.2) is 4.39 Å². The Hall–Kier alpha value is -3.64. The molecule has 0 saturated carbocycles. The Morgan fingerprint density at radius 1 is 1.07 bits per heavy atom. The number of rotatable bonds is 11. The first kappa shape index (κ1) is 32.7. The second kappa shape index (κ2) is 14.2. The molecule has 1 aliphatic heterocycles. The molecule has 1 amide bonds. The summed E-state index contributed by atoms with van der Waals surface area (Å²) in [5.74, 6) is -0.991. The minimum atomic E-state index is -1.09. The first-order valence-electron chi connectivity index (χ1n) is 13.8. The maximum absolute atomic E-state index is 13.7. The van der Waals surface area contributed by atoms with E-state index in [0.29, 0.717) is 49.7 Å². The van der Waals surface area contributed by atoms with Gasteiger partial charge in [0, 0.05) is 21.4 Å². The Bertz CT molecular complexity index is 1760. The number of thioether (sulfide) groups is 1. The van der Waals surface area contributed by atoms with Crippen LogP contribution in [0.2, 0.25) is 10.0 Å². The smallest absolute Gasteiger partial charge is 0.301 e. The summed E-state index contributed by atoms with van der Waals surface area (Å²) in [6.45, 7) is 4.67. The number of aromatic nitrogens is 2. The monoisotopic (exact) mass is 687 g/mol. The number of aliphatic hydroxyl groups excluding tert-OH is 1. The summed E-state index contributed by atoms with van der Waals surface area (Å²) >= 11 is 14.8. The fourth-order valence-corrected chi connectivity index (χ4v) is 7.05. The minimum absolute atomic E-state index is 0.154. The van der Waals surface area contributed by atoms with Crippen LogP contribution in [0.4, 0.5) is 9.52 Å². The van der Waals surface area contributed by atoms with Crippen LogP contribution in [0.3, 0.4) is 0 Å². The number of hydrogen-bond donors (Lipinski definition) is 1. The number of carbonyl (C=O) groups excluding carboxylic acids is 2. The second-order valence-corrected chi connectivity index (χ2v) is 13.5. The summed E-state index contributed by atoms with van der Waals surface area (Å²) in [5, 5.41) is 21.0. The van der Waals surface area contributed by atoms with E-state index in [0.717, 1.165) is 35.5 Å². The summed E-state index contributed by atoms with van der Waals surface area (Å²) in [7, 11) is 1.49. The van der Waals surface area contributed by atoms with Gasteiger partial charge in [0.15, 0.2) is 15.8 Å². The van der Waals surface area contributed by atoms with Crippen LogP contribution in [0.25, 0.3) is 5.76 Å². The van der Waals surface area contributed by atoms with Crippen LogP contribution in [0.5, 0.6) is 11.5 Å². The van der Waals surface area contributed by atoms with Crippen LogP contribution in [0.15, 0.2) is 70.6 Å². The van der Waals surface area contributed by atoms with E-state index in [1.807, 2.05) is 6.07 Å². The Balaban J connectivity index is 1.54. The van der Waals surface area contributed by atoms with Crippen LogP contribution < -0.4 is 14.4 Å². The lowest BCUT2D eigenvalue weighted by atomic mass is 9.95. The molecule has 1 unspecified atom stereocenters. The van der Waals surface area contributed by atoms with Crippen LogP contribution >= 0.6 is 46.3 Å². The van der Waals surface area contributed by atoms with Gasteiger partial charge in [0.1, 0.15) is 11.6 Å². The number of ketones is 1. The van der Waals surface area contributed by atoms with E-state index >= 15 is 0 Å². The van der Waals surface area contributed by atoms with Crippen LogP contribution in [0.1, 0.15) is 43.0 Å². The zero-order chi connectivity index (χ0) is 32.2. The van der Waals surface area contributed by atoms with Gasteiger partial charge in [0.05, 0.1) is 25.3 Å². The van der Waals surface area contributed by atoms with E-state index in [-0.39, 0.29) is 16.3 Å². The molecule has 5 rings (SSSR count). The molecule has 3 aromatic carbocycles. The van der Waals surface area contributed by atoms with Crippen molar-refractivity contribution in [2.45, 2.75) is 36.4 Å². The minimum Gasteiger partial charge on any atom is -0.507 e. The third-order valence-corrected chi connectivity index (χ3v) is 9.68. The standard InChI is InChI=1S/C32H28Cl2FN3O5S2/c1-17(2)12-13-43-24-11-7-19(14-25(24)42-3)27-26(28(39)18-5-9-22(35)10-6-18)29(40)30(41)38(27)31-36-37-32(45-31)44-16-20-4-8-21(33)15-23(20)34/h4-11,14-15,17,27,39H,12-13,16H2,1-3H3/b28-26-. The number of nitrogens with zero attached hydrogens (tertiary/aromatic N) is 3. The average Bonchev–Trinajstić information content (AvgIpc) is 3.58. The molecular formula is C32H28Cl2FN3O5S2. The summed E-state index contributed by atoms with van der Waals surface area (Å²) in [5.41, 5.74) is 1.29. The Morgan fingerprint density at radius 3 is 2.51 bits per heavy atom. The van der Waals surface area contributed by atoms with Crippen LogP contribution in [0, 0.1) is 11.7 Å². The van der Waals surface area contributed by atoms with Crippen LogP contribution in [-0.4, -0.2) is 40.7 Å². The molecule has 1 atom stereocenters. The molecule has 1 aromatic heterocycles. The topological polar surface area (TPSA) is 102 Å². The van der Waals surface area contributed by atoms with Crippen molar-refractivity contribution in [2.75, 3.05) is 18.6 Å². The van der Waals surface area contributed by atoms with Gasteiger partial charge < -0.3 is 14.6 Å². The number of anilines is 1. The molecule has 234 valence electrons. The predicted octanol–water partition coefficient (Wildman–Crippen LogP) is 8.34. The molecular weight excluding hydrogens is 660 g/mol. The number of halogens is 3. The molecule has 45 heavy (non-hydrogen) atoms. The van der Waals surface area contributed by atoms with E-state index in [9.17, 15) is 19.1 Å². The fourth-order valence-electron chi connectivity index (χ4n) is 4.62. The van der Waals surface area contributed by atoms with E-state index < -0.39 is 29.3 Å². The number of aliphatic hydroxyl groups is 1. The fraction of sp³-hybridized carbons (Fsp3) is 0.250. The quantitative estimate of drug-likeness (QED) is 0.0552. The van der Waals surface area contributed by atoms with Crippen molar-refractivity contribution in [3.63, 3.8) is 0 Å². The summed E-state index contributed by atoms with van der Waals surface area (Å²) < 4.78 is 25.7. The van der Waals surface area contributed by atoms with Crippen molar-refractivity contribution in [1.29, 1.82) is 0 Å². The van der Waals surface area contributed by atoms with E-state index in [4.69, 9.17) is 32.7 Å². The van der Waals surface area contributed by atoms with E-state index in [1.165, 1.54) is 35.9 Å². The molecule has 1 saturated heterocycles. The van der Waals surface area contributed by atoms with Crippen molar-refractivity contribution in [1.82, 2.24) is 10.2 Å². The molecule has 1 fully saturated rings. The number of amides is 1. The van der Waals surface area contributed by atoms with Gasteiger partial charge in [0.25, 0.3) is 5.78 Å². The number of methoxy groups -OCH3 is 1. The lowest BCUT2D eigenvalue weighted by Crippen LogP contribution is -2.29. The molecule has 0 radical (unpaired) electrons. The highest BCUT2D eigenvalue weighted by Crippen LogP contribution is 2.46. The molecule has 0 spiro atoms. The lowest BCUT2D eigenvalue weighted by molar-refractivity contribution is -0.132. The van der Waals surface area contributed by atoms with Gasteiger partial charge in [-0.05, 0) is 72.0 Å². The zero-order valence-corrected chi connectivity index (χ0v) is 27.6. The SMILES string of the molecule is COc1cc(C2/C(=C(/O)c3ccc(F)cc3)C(=O)C(=O)N2c2nnc(SCc3ccc(Cl)cc3Cl)s2)ccc1OCCC(C)C. The van der Waals surface area contributed by atoms with Gasteiger partial charge >= 0.3 is 5.91 Å². The number of carbonyl (C=O) groups is 2. The molecule has 1 aliphatic rings. The highest BCUT2D eigenvalue weighted by atomic mass is 35.5. The van der Waals surface area contributed by atoms with Gasteiger partial charge in [0.2, 0.25) is 5.13 Å². The van der Waals surface area contributed by atoms with Gasteiger partial charge in [-0.3, -0.25) is 14.5 Å². The largest absolute Gasteiger partial charge is 0.507 e. The maximum atomic E-state index is 13.7. The van der Waals surface area contributed by atoms with Gasteiger partial charge in [-0.2, -0.15) is 0 Å². The third-order valence-electron chi connectivity index (χ3n) is 6.99. The highest BCUT2D eigenvalue weighted by Gasteiger charge is 2.48. The van der Waals surface area contributed by atoms with Crippen molar-refractivity contribution in [3.8, 4) is 11.5 Å². The maximum Gasteiger partial charge on any atom is 0.301 e. The molecule has 8 nitrogen and oxygen atoms in total. The number of benzene rings is 3. The highest BCUT2D eigenvalue weighted by molar-refractivity contribution is 8.00. The first-order valence-corrected chi connectivity index (χ1v) is 16.4. The predicted molar refractivity (Wildman–Crippen MR) is 175 cm³/mol. The summed E-state index contributed by atoms with van der Waals surface area (Å²) in [4.78, 5) is 28.4. The average molecular weight is 689 g/mol. The van der Waals surface area contributed by atoms with E-state index in [1.54, 1.807) is 30.3 Å². The van der Waals surface area contributed by atoms with Crippen molar-refractivity contribution < 1.29 is 28.6 Å². The first-order chi connectivity index (χ1) is 21.6. The van der Waals surface area contributed by atoms with Crippen molar-refractivity contribution in [3.05, 3.63) is 98.8 Å². The van der Waals surface area contributed by atoms with Crippen LogP contribution in [-0.2, 0) is 15.3 Å². The van der Waals surface area contributed by atoms with Crippen molar-refractivity contribution in [2.24, 2.45) is 5.92 Å². The number of Topliss-reactive ketones (excluding diaryl/α,β-unsaturated/α-hetero) is 1. The second-order valence-electron chi connectivity index (χ2n) is 10.5. The Kier molecular flexibility index (Phi) is 10.3. The number of ether oxygens (including phenoxy) is 2. The molecule has 0 aliphatic carbocycles. The molecule has 4 aromatic rings. The molecule has 0 bridgehead atoms.